The van der Waals surface area contributed by atoms with Crippen molar-refractivity contribution in [2.24, 2.45) is 5.92 Å². The summed E-state index contributed by atoms with van der Waals surface area (Å²) in [5.74, 6) is 0.459. The van der Waals surface area contributed by atoms with Crippen molar-refractivity contribution in [1.82, 2.24) is 5.32 Å². The Hall–Kier alpha value is -2.11. The number of benzene rings is 1. The van der Waals surface area contributed by atoms with Gasteiger partial charge in [0.1, 0.15) is 5.69 Å². The van der Waals surface area contributed by atoms with E-state index >= 15 is 0 Å². The number of hydrogen-bond donors (Lipinski definition) is 1. The molecule has 2 aliphatic carbocycles. The fourth-order valence-corrected chi connectivity index (χ4v) is 4.26. The fraction of sp³-hybridized carbons (Fsp3) is 0.611. The number of fused-ring (bicyclic) bond motifs is 1. The number of nitrogens with one attached hydrogen (secondary N) is 1. The van der Waals surface area contributed by atoms with Gasteiger partial charge < -0.3 is 10.2 Å². The third-order valence-corrected chi connectivity index (χ3v) is 5.67. The van der Waals surface area contributed by atoms with Crippen molar-refractivity contribution in [1.29, 1.82) is 0 Å². The van der Waals surface area contributed by atoms with Gasteiger partial charge in [-0.2, -0.15) is 0 Å². The van der Waals surface area contributed by atoms with Gasteiger partial charge >= 0.3 is 0 Å². The minimum absolute atomic E-state index is 0.0599. The van der Waals surface area contributed by atoms with E-state index in [0.29, 0.717) is 23.2 Å². The maximum absolute atomic E-state index is 12.2. The first-order chi connectivity index (χ1) is 11.6. The van der Waals surface area contributed by atoms with Crippen LogP contribution in [0.3, 0.4) is 0 Å². The van der Waals surface area contributed by atoms with Crippen molar-refractivity contribution >= 4 is 17.3 Å². The van der Waals surface area contributed by atoms with Crippen molar-refractivity contribution in [3.63, 3.8) is 0 Å². The third-order valence-electron chi connectivity index (χ3n) is 5.67. The fourth-order valence-electron chi connectivity index (χ4n) is 4.26. The van der Waals surface area contributed by atoms with Crippen LogP contribution in [0.4, 0.5) is 11.4 Å². The molecule has 3 fully saturated rings. The van der Waals surface area contributed by atoms with Crippen LogP contribution in [0, 0.1) is 16.0 Å². The lowest BCUT2D eigenvalue weighted by Gasteiger charge is -2.32. The molecular weight excluding hydrogens is 306 g/mol. The van der Waals surface area contributed by atoms with Crippen molar-refractivity contribution in [3.05, 3.63) is 33.9 Å². The zero-order chi connectivity index (χ0) is 16.7. The van der Waals surface area contributed by atoms with Gasteiger partial charge in [-0.15, -0.1) is 0 Å². The maximum Gasteiger partial charge on any atom is 0.293 e. The Bertz CT molecular complexity index is 671. The van der Waals surface area contributed by atoms with Gasteiger partial charge in [0.2, 0.25) is 0 Å². The zero-order valence-corrected chi connectivity index (χ0v) is 13.7. The Morgan fingerprint density at radius 3 is 2.71 bits per heavy atom. The van der Waals surface area contributed by atoms with Crippen LogP contribution in [0.25, 0.3) is 0 Å². The molecule has 3 aliphatic rings. The van der Waals surface area contributed by atoms with Crippen molar-refractivity contribution in [2.75, 3.05) is 11.4 Å². The van der Waals surface area contributed by atoms with E-state index in [4.69, 9.17) is 0 Å². The van der Waals surface area contributed by atoms with E-state index in [-0.39, 0.29) is 22.6 Å². The molecule has 1 aromatic rings. The number of nitrogens with zero attached hydrogens (tertiary/aromatic N) is 2. The van der Waals surface area contributed by atoms with Crippen LogP contribution in [0.15, 0.2) is 18.2 Å². The van der Waals surface area contributed by atoms with E-state index in [1.165, 1.54) is 25.3 Å². The average Bonchev–Trinajstić information content (AvgIpc) is 3.30. The van der Waals surface area contributed by atoms with Crippen LogP contribution in [0.1, 0.15) is 55.3 Å². The van der Waals surface area contributed by atoms with Crippen LogP contribution >= 0.6 is 0 Å². The van der Waals surface area contributed by atoms with Crippen LogP contribution < -0.4 is 10.2 Å². The predicted molar refractivity (Wildman–Crippen MR) is 91.3 cm³/mol. The summed E-state index contributed by atoms with van der Waals surface area (Å²) in [7, 11) is 0. The average molecular weight is 329 g/mol. The molecule has 0 spiro atoms. The highest BCUT2D eigenvalue weighted by molar-refractivity contribution is 5.96. The topological polar surface area (TPSA) is 75.5 Å². The molecule has 1 heterocycles. The molecule has 2 unspecified atom stereocenters. The molecule has 2 saturated carbocycles. The van der Waals surface area contributed by atoms with Gasteiger partial charge in [0.25, 0.3) is 11.6 Å². The Labute approximate surface area is 141 Å². The second-order valence-electron chi connectivity index (χ2n) is 7.30. The lowest BCUT2D eigenvalue weighted by Crippen LogP contribution is -2.35. The number of carbonyl (C=O) groups is 1. The largest absolute Gasteiger partial charge is 0.363 e. The monoisotopic (exact) mass is 329 g/mol. The highest BCUT2D eigenvalue weighted by atomic mass is 16.6. The normalized spacial score (nSPS) is 26.1. The highest BCUT2D eigenvalue weighted by Crippen LogP contribution is 2.42. The van der Waals surface area contributed by atoms with Gasteiger partial charge in [-0.1, -0.05) is 12.8 Å². The lowest BCUT2D eigenvalue weighted by molar-refractivity contribution is -0.384. The van der Waals surface area contributed by atoms with Gasteiger partial charge in [-0.25, -0.2) is 0 Å². The van der Waals surface area contributed by atoms with Crippen LogP contribution in [-0.2, 0) is 0 Å². The second kappa shape index (κ2) is 6.07. The molecule has 1 aliphatic heterocycles. The molecule has 1 N–H and O–H groups in total. The first-order valence-corrected chi connectivity index (χ1v) is 8.99. The summed E-state index contributed by atoms with van der Waals surface area (Å²) in [6.45, 7) is 0.879. The molecule has 6 nitrogen and oxygen atoms in total. The van der Waals surface area contributed by atoms with Gasteiger partial charge in [0.15, 0.2) is 0 Å². The Kier molecular flexibility index (Phi) is 3.90. The summed E-state index contributed by atoms with van der Waals surface area (Å²) in [6.07, 6.45) is 7.95. The molecule has 1 aromatic carbocycles. The Morgan fingerprint density at radius 1 is 1.17 bits per heavy atom. The number of nitro benzene ring substituents is 1. The summed E-state index contributed by atoms with van der Waals surface area (Å²) in [6, 6.07) is 5.62. The summed E-state index contributed by atoms with van der Waals surface area (Å²) in [4.78, 5) is 25.6. The zero-order valence-electron chi connectivity index (χ0n) is 13.7. The molecule has 0 bridgehead atoms. The molecule has 24 heavy (non-hydrogen) atoms. The van der Waals surface area contributed by atoms with Crippen molar-refractivity contribution < 1.29 is 9.72 Å². The summed E-state index contributed by atoms with van der Waals surface area (Å²) in [5.41, 5.74) is 1.12. The molecule has 0 aromatic heterocycles. The van der Waals surface area contributed by atoms with Crippen LogP contribution in [0.2, 0.25) is 0 Å². The SMILES string of the molecule is O=C(NC1CC1)c1ccc(N2CCC3CCCCC32)c([N+](=O)[O-])c1. The van der Waals surface area contributed by atoms with E-state index in [1.54, 1.807) is 12.1 Å². The summed E-state index contributed by atoms with van der Waals surface area (Å²) < 4.78 is 0. The van der Waals surface area contributed by atoms with E-state index < -0.39 is 0 Å². The third kappa shape index (κ3) is 2.85. The van der Waals surface area contributed by atoms with E-state index in [1.807, 2.05) is 0 Å². The predicted octanol–water partition coefficient (Wildman–Crippen LogP) is 3.26. The highest BCUT2D eigenvalue weighted by Gasteiger charge is 2.38. The van der Waals surface area contributed by atoms with E-state index in [9.17, 15) is 14.9 Å². The first kappa shape index (κ1) is 15.4. The standard InChI is InChI=1S/C18H23N3O3/c22-18(19-14-6-7-14)13-5-8-16(17(11-13)21(23)24)20-10-9-12-3-1-2-4-15(12)20/h5,8,11-12,14-15H,1-4,6-7,9-10H2,(H,19,22). The van der Waals surface area contributed by atoms with Crippen LogP contribution in [-0.4, -0.2) is 29.5 Å². The smallest absolute Gasteiger partial charge is 0.293 e. The maximum atomic E-state index is 12.2. The molecule has 0 radical (unpaired) electrons. The Balaban J connectivity index is 1.62. The van der Waals surface area contributed by atoms with Crippen molar-refractivity contribution in [3.8, 4) is 0 Å². The minimum Gasteiger partial charge on any atom is -0.363 e. The lowest BCUT2D eigenvalue weighted by atomic mass is 9.85. The van der Waals surface area contributed by atoms with E-state index in [2.05, 4.69) is 10.2 Å². The minimum atomic E-state index is -0.348. The van der Waals surface area contributed by atoms with Gasteiger partial charge in [0.05, 0.1) is 4.92 Å². The van der Waals surface area contributed by atoms with Gasteiger partial charge in [-0.05, 0) is 50.2 Å². The molecule has 1 saturated heterocycles. The molecule has 4 rings (SSSR count). The molecule has 6 heteroatoms. The number of anilines is 1. The van der Waals surface area contributed by atoms with Gasteiger partial charge in [-0.3, -0.25) is 14.9 Å². The van der Waals surface area contributed by atoms with Gasteiger partial charge in [0, 0.05) is 30.3 Å². The van der Waals surface area contributed by atoms with E-state index in [0.717, 1.165) is 32.2 Å². The van der Waals surface area contributed by atoms with Crippen LogP contribution in [0.5, 0.6) is 0 Å². The number of amides is 1. The molecular formula is C18H23N3O3. The molecule has 2 atom stereocenters. The number of hydrogen-bond acceptors (Lipinski definition) is 4. The Morgan fingerprint density at radius 2 is 1.96 bits per heavy atom. The molecule has 1 amide bonds. The summed E-state index contributed by atoms with van der Waals surface area (Å²) >= 11 is 0. The number of rotatable bonds is 4. The summed E-state index contributed by atoms with van der Waals surface area (Å²) in [5, 5.41) is 14.5. The number of nitro groups is 1. The first-order valence-electron chi connectivity index (χ1n) is 8.99. The second-order valence-corrected chi connectivity index (χ2v) is 7.30. The van der Waals surface area contributed by atoms with Crippen molar-refractivity contribution in [2.45, 2.75) is 57.0 Å². The number of carbonyl (C=O) groups excluding carboxylic acids is 1. The molecule has 128 valence electrons. The quantitative estimate of drug-likeness (QED) is 0.679.